The summed E-state index contributed by atoms with van der Waals surface area (Å²) < 4.78 is 15.9. The van der Waals surface area contributed by atoms with Gasteiger partial charge in [-0.1, -0.05) is 43.2 Å². The monoisotopic (exact) mass is 527 g/mol. The summed E-state index contributed by atoms with van der Waals surface area (Å²) in [6, 6.07) is 9.02. The Hall–Kier alpha value is -1.97. The van der Waals surface area contributed by atoms with E-state index in [1.807, 2.05) is 25.2 Å². The zero-order valence-electron chi connectivity index (χ0n) is 19.3. The normalized spacial score (nSPS) is 24.4. The van der Waals surface area contributed by atoms with Crippen molar-refractivity contribution in [3.05, 3.63) is 35.9 Å². The number of hydrogen-bond acceptors (Lipinski definition) is 7. The van der Waals surface area contributed by atoms with Gasteiger partial charge in [0, 0.05) is 12.3 Å². The number of ether oxygens (including phenoxy) is 3. The lowest BCUT2D eigenvalue weighted by Crippen LogP contribution is -3.00. The molecule has 1 unspecified atom stereocenters. The molecule has 1 saturated carbocycles. The van der Waals surface area contributed by atoms with E-state index in [0.717, 1.165) is 25.7 Å². The van der Waals surface area contributed by atoms with E-state index in [1.165, 1.54) is 0 Å². The standard InChI is InChI=1S/C24H34NO7.BrH/c1-3-30-22(27)17-31-21(26)16-25(2)14-13-20(15-25)32-23(28)24(29,19-11-7-8-12-19)18-9-5-4-6-10-18;/h4-6,9-10,19-20,29H,3,7-8,11-17H2,1-2H3;1H/q+1;/p-1/t20-,24+,25?;/m1./s1. The van der Waals surface area contributed by atoms with Gasteiger partial charge in [0.2, 0.25) is 0 Å². The number of quaternary nitrogens is 1. The van der Waals surface area contributed by atoms with Crippen molar-refractivity contribution in [3.8, 4) is 0 Å². The summed E-state index contributed by atoms with van der Waals surface area (Å²) in [6.07, 6.45) is 3.72. The fraction of sp³-hybridized carbons (Fsp3) is 0.625. The van der Waals surface area contributed by atoms with Gasteiger partial charge in [0.1, 0.15) is 6.54 Å². The summed E-state index contributed by atoms with van der Waals surface area (Å²) in [6.45, 7) is 2.64. The topological polar surface area (TPSA) is 99.1 Å². The van der Waals surface area contributed by atoms with E-state index in [9.17, 15) is 19.5 Å². The quantitative estimate of drug-likeness (QED) is 0.248. The van der Waals surface area contributed by atoms with Crippen LogP contribution in [0.25, 0.3) is 0 Å². The SMILES string of the molecule is CCOC(=O)COC(=O)C[N+]1(C)CC[C@@H](OC(=O)[C@](O)(c2ccccc2)C2CCCC2)C1.[Br-]. The van der Waals surface area contributed by atoms with Crippen LogP contribution in [0.3, 0.4) is 0 Å². The molecule has 184 valence electrons. The maximum absolute atomic E-state index is 13.3. The highest BCUT2D eigenvalue weighted by atomic mass is 79.9. The van der Waals surface area contributed by atoms with Crippen molar-refractivity contribution >= 4 is 17.9 Å². The van der Waals surface area contributed by atoms with Crippen LogP contribution in [0.15, 0.2) is 30.3 Å². The molecule has 1 aromatic carbocycles. The molecule has 0 spiro atoms. The minimum atomic E-state index is -1.66. The van der Waals surface area contributed by atoms with Crippen LogP contribution < -0.4 is 17.0 Å². The van der Waals surface area contributed by atoms with Gasteiger partial charge in [-0.05, 0) is 25.3 Å². The average molecular weight is 528 g/mol. The minimum absolute atomic E-state index is 0. The third-order valence-electron chi connectivity index (χ3n) is 6.55. The second-order valence-electron chi connectivity index (χ2n) is 9.08. The number of carbonyl (C=O) groups is 3. The van der Waals surface area contributed by atoms with Gasteiger partial charge in [0.25, 0.3) is 0 Å². The van der Waals surface area contributed by atoms with Crippen LogP contribution in [0, 0.1) is 5.92 Å². The maximum Gasteiger partial charge on any atom is 0.362 e. The molecule has 1 saturated heterocycles. The summed E-state index contributed by atoms with van der Waals surface area (Å²) in [5.41, 5.74) is -1.10. The van der Waals surface area contributed by atoms with Crippen LogP contribution in [0.1, 0.15) is 44.6 Å². The smallest absolute Gasteiger partial charge is 0.362 e. The molecule has 2 fully saturated rings. The highest BCUT2D eigenvalue weighted by Crippen LogP contribution is 2.42. The Kier molecular flexibility index (Phi) is 9.87. The number of hydrogen-bond donors (Lipinski definition) is 1. The highest BCUT2D eigenvalue weighted by molar-refractivity contribution is 5.82. The van der Waals surface area contributed by atoms with Crippen molar-refractivity contribution in [2.24, 2.45) is 5.92 Å². The fourth-order valence-corrected chi connectivity index (χ4v) is 4.87. The molecular formula is C24H34BrNO7. The van der Waals surface area contributed by atoms with Crippen LogP contribution in [0.2, 0.25) is 0 Å². The molecule has 3 atom stereocenters. The van der Waals surface area contributed by atoms with Gasteiger partial charge in [-0.15, -0.1) is 0 Å². The molecule has 1 heterocycles. The fourth-order valence-electron chi connectivity index (χ4n) is 4.87. The zero-order valence-corrected chi connectivity index (χ0v) is 20.9. The molecule has 1 aliphatic carbocycles. The van der Waals surface area contributed by atoms with Gasteiger partial charge >= 0.3 is 17.9 Å². The number of nitrogens with zero attached hydrogens (tertiary/aromatic N) is 1. The molecule has 0 aromatic heterocycles. The van der Waals surface area contributed by atoms with Crippen molar-refractivity contribution in [2.45, 2.75) is 50.7 Å². The van der Waals surface area contributed by atoms with E-state index >= 15 is 0 Å². The number of carbonyl (C=O) groups excluding carboxylic acids is 3. The molecule has 2 aliphatic rings. The predicted octanol–water partition coefficient (Wildman–Crippen LogP) is -1.06. The van der Waals surface area contributed by atoms with Gasteiger partial charge in [-0.3, -0.25) is 0 Å². The summed E-state index contributed by atoms with van der Waals surface area (Å²) in [4.78, 5) is 36.8. The second kappa shape index (κ2) is 11.9. The van der Waals surface area contributed by atoms with Crippen LogP contribution in [-0.2, 0) is 34.2 Å². The highest BCUT2D eigenvalue weighted by Gasteiger charge is 2.50. The maximum atomic E-state index is 13.3. The first-order chi connectivity index (χ1) is 15.3. The van der Waals surface area contributed by atoms with Gasteiger partial charge in [-0.25, -0.2) is 14.4 Å². The van der Waals surface area contributed by atoms with Crippen molar-refractivity contribution < 1.29 is 55.2 Å². The van der Waals surface area contributed by atoms with Gasteiger partial charge in [0.05, 0.1) is 20.2 Å². The number of rotatable bonds is 9. The molecule has 8 nitrogen and oxygen atoms in total. The number of benzene rings is 1. The van der Waals surface area contributed by atoms with Gasteiger partial charge in [0.15, 0.2) is 24.9 Å². The van der Waals surface area contributed by atoms with E-state index in [1.54, 1.807) is 19.1 Å². The minimum Gasteiger partial charge on any atom is -1.00 e. The predicted molar refractivity (Wildman–Crippen MR) is 115 cm³/mol. The van der Waals surface area contributed by atoms with Gasteiger partial charge < -0.3 is 40.8 Å². The molecular weight excluding hydrogens is 494 g/mol. The van der Waals surface area contributed by atoms with Crippen LogP contribution >= 0.6 is 0 Å². The Labute approximate surface area is 205 Å². The zero-order chi connectivity index (χ0) is 23.2. The molecule has 3 rings (SSSR count). The average Bonchev–Trinajstić information content (AvgIpc) is 3.43. The Morgan fingerprint density at radius 1 is 1.06 bits per heavy atom. The van der Waals surface area contributed by atoms with Crippen LogP contribution in [0.5, 0.6) is 0 Å². The Morgan fingerprint density at radius 3 is 2.36 bits per heavy atom. The van der Waals surface area contributed by atoms with E-state index in [-0.39, 0.29) is 36.1 Å². The largest absolute Gasteiger partial charge is 1.00 e. The van der Waals surface area contributed by atoms with E-state index < -0.39 is 36.2 Å². The molecule has 33 heavy (non-hydrogen) atoms. The molecule has 0 amide bonds. The molecule has 1 aromatic rings. The molecule has 9 heteroatoms. The second-order valence-corrected chi connectivity index (χ2v) is 9.08. The molecule has 1 N–H and O–H groups in total. The molecule has 0 bridgehead atoms. The first kappa shape index (κ1) is 27.3. The van der Waals surface area contributed by atoms with Crippen LogP contribution in [-0.4, -0.2) is 73.5 Å². The lowest BCUT2D eigenvalue weighted by molar-refractivity contribution is -0.891. The lowest BCUT2D eigenvalue weighted by atomic mass is 9.80. The summed E-state index contributed by atoms with van der Waals surface area (Å²) in [7, 11) is 1.89. The number of likely N-dealkylation sites (tertiary alicyclic amines) is 1. The Balaban J connectivity index is 0.00000385. The van der Waals surface area contributed by atoms with Crippen molar-refractivity contribution in [1.29, 1.82) is 0 Å². The summed E-state index contributed by atoms with van der Waals surface area (Å²) >= 11 is 0. The number of aliphatic hydroxyl groups is 1. The molecule has 1 aliphatic heterocycles. The number of halogens is 1. The third-order valence-corrected chi connectivity index (χ3v) is 6.55. The van der Waals surface area contributed by atoms with E-state index in [4.69, 9.17) is 14.2 Å². The first-order valence-corrected chi connectivity index (χ1v) is 11.4. The summed E-state index contributed by atoms with van der Waals surface area (Å²) in [5.74, 6) is -1.86. The molecule has 0 radical (unpaired) electrons. The lowest BCUT2D eigenvalue weighted by Gasteiger charge is -2.33. The number of likely N-dealkylation sites (N-methyl/N-ethyl adjacent to an activating group) is 1. The van der Waals surface area contributed by atoms with Gasteiger partial charge in [-0.2, -0.15) is 0 Å². The summed E-state index contributed by atoms with van der Waals surface area (Å²) in [5, 5.41) is 11.6. The van der Waals surface area contributed by atoms with E-state index in [2.05, 4.69) is 0 Å². The van der Waals surface area contributed by atoms with Crippen molar-refractivity contribution in [3.63, 3.8) is 0 Å². The first-order valence-electron chi connectivity index (χ1n) is 11.4. The third kappa shape index (κ3) is 6.77. The van der Waals surface area contributed by atoms with Crippen molar-refractivity contribution in [2.75, 3.05) is 39.9 Å². The van der Waals surface area contributed by atoms with E-state index in [0.29, 0.717) is 29.6 Å². The Morgan fingerprint density at radius 2 is 1.73 bits per heavy atom. The Bertz CT molecular complexity index is 814. The van der Waals surface area contributed by atoms with Crippen LogP contribution in [0.4, 0.5) is 0 Å². The number of esters is 3. The van der Waals surface area contributed by atoms with Crippen molar-refractivity contribution in [1.82, 2.24) is 0 Å².